The molecular formula is C23H20ClN7O. The van der Waals surface area contributed by atoms with Crippen molar-refractivity contribution in [3.05, 3.63) is 65.1 Å². The molecule has 0 saturated heterocycles. The molecule has 4 aromatic heterocycles. The number of hydrogen-bond acceptors (Lipinski definition) is 6. The van der Waals surface area contributed by atoms with Gasteiger partial charge in [-0.05, 0) is 31.4 Å². The highest BCUT2D eigenvalue weighted by atomic mass is 35.5. The van der Waals surface area contributed by atoms with Gasteiger partial charge >= 0.3 is 0 Å². The van der Waals surface area contributed by atoms with Crippen LogP contribution in [0.15, 0.2) is 43.1 Å². The maximum atomic E-state index is 13.0. The summed E-state index contributed by atoms with van der Waals surface area (Å²) in [6, 6.07) is 3.48. The molecule has 1 amide bonds. The lowest BCUT2D eigenvalue weighted by atomic mass is 9.81. The maximum absolute atomic E-state index is 13.0. The first-order chi connectivity index (χ1) is 15.5. The molecule has 160 valence electrons. The number of anilines is 1. The largest absolute Gasteiger partial charge is 0.309 e. The molecule has 1 atom stereocenters. The number of rotatable bonds is 4. The third-order valence-corrected chi connectivity index (χ3v) is 6.86. The summed E-state index contributed by atoms with van der Waals surface area (Å²) in [5.41, 5.74) is 2.77. The third-order valence-electron chi connectivity index (χ3n) is 6.63. The molecule has 0 bridgehead atoms. The van der Waals surface area contributed by atoms with Crippen molar-refractivity contribution in [2.75, 3.05) is 5.32 Å². The summed E-state index contributed by atoms with van der Waals surface area (Å²) >= 11 is 5.98. The standard InChI is InChI=1S/C23H20ClN7O/c1-23(18-6-5-14(24)10-26-18)15-11-27-20(29-19(15)30-22(23)32)17-12-31-8-7-25-21(31)16(28-17)9-13-3-2-4-13/h5-8,10-13H,2-4,9H2,1H3,(H,27,29,30,32). The predicted molar refractivity (Wildman–Crippen MR) is 119 cm³/mol. The second-order valence-corrected chi connectivity index (χ2v) is 9.07. The van der Waals surface area contributed by atoms with Crippen LogP contribution in [0.25, 0.3) is 17.2 Å². The molecule has 0 radical (unpaired) electrons. The van der Waals surface area contributed by atoms with Gasteiger partial charge in [0, 0.05) is 36.5 Å². The summed E-state index contributed by atoms with van der Waals surface area (Å²) in [4.78, 5) is 35.9. The van der Waals surface area contributed by atoms with Gasteiger partial charge in [-0.3, -0.25) is 9.78 Å². The van der Waals surface area contributed by atoms with Gasteiger partial charge in [-0.1, -0.05) is 30.9 Å². The van der Waals surface area contributed by atoms with Crippen LogP contribution in [0, 0.1) is 5.92 Å². The Hall–Kier alpha value is -3.39. The Labute approximate surface area is 189 Å². The minimum absolute atomic E-state index is 0.197. The van der Waals surface area contributed by atoms with Crippen molar-refractivity contribution < 1.29 is 4.79 Å². The van der Waals surface area contributed by atoms with Gasteiger partial charge in [0.25, 0.3) is 0 Å². The zero-order valence-corrected chi connectivity index (χ0v) is 18.2. The van der Waals surface area contributed by atoms with Crippen molar-refractivity contribution >= 4 is 29.0 Å². The fourth-order valence-corrected chi connectivity index (χ4v) is 4.57. The van der Waals surface area contributed by atoms with Crippen LogP contribution in [-0.4, -0.2) is 35.2 Å². The molecule has 4 aromatic rings. The highest BCUT2D eigenvalue weighted by Crippen LogP contribution is 2.41. The molecule has 1 aliphatic heterocycles. The quantitative estimate of drug-likeness (QED) is 0.512. The number of imidazole rings is 1. The number of halogens is 1. The van der Waals surface area contributed by atoms with Gasteiger partial charge in [0.2, 0.25) is 5.91 Å². The monoisotopic (exact) mass is 445 g/mol. The Morgan fingerprint density at radius 2 is 2.06 bits per heavy atom. The number of fused-ring (bicyclic) bond motifs is 2. The van der Waals surface area contributed by atoms with Crippen LogP contribution >= 0.6 is 11.6 Å². The van der Waals surface area contributed by atoms with Crippen LogP contribution in [0.2, 0.25) is 5.02 Å². The number of carbonyl (C=O) groups is 1. The van der Waals surface area contributed by atoms with Gasteiger partial charge in [0.05, 0.1) is 16.4 Å². The second-order valence-electron chi connectivity index (χ2n) is 8.63. The van der Waals surface area contributed by atoms with Crippen LogP contribution in [0.5, 0.6) is 0 Å². The van der Waals surface area contributed by atoms with Crippen molar-refractivity contribution in [1.29, 1.82) is 0 Å². The second kappa shape index (κ2) is 7.06. The average Bonchev–Trinajstić information content (AvgIpc) is 3.34. The lowest BCUT2D eigenvalue weighted by Gasteiger charge is -2.25. The number of nitrogens with one attached hydrogen (secondary N) is 1. The van der Waals surface area contributed by atoms with Gasteiger partial charge < -0.3 is 9.72 Å². The normalized spacial score (nSPS) is 20.2. The van der Waals surface area contributed by atoms with Gasteiger partial charge in [0.15, 0.2) is 11.5 Å². The molecule has 1 N–H and O–H groups in total. The number of hydrogen-bond donors (Lipinski definition) is 1. The van der Waals surface area contributed by atoms with Crippen molar-refractivity contribution in [3.8, 4) is 11.5 Å². The molecule has 8 nitrogen and oxygen atoms in total. The van der Waals surface area contributed by atoms with E-state index in [0.29, 0.717) is 39.5 Å². The van der Waals surface area contributed by atoms with Gasteiger partial charge in [0.1, 0.15) is 16.9 Å². The van der Waals surface area contributed by atoms with Crippen molar-refractivity contribution in [1.82, 2.24) is 29.3 Å². The van der Waals surface area contributed by atoms with Crippen LogP contribution < -0.4 is 5.32 Å². The Morgan fingerprint density at radius 3 is 2.81 bits per heavy atom. The van der Waals surface area contributed by atoms with Crippen molar-refractivity contribution in [2.24, 2.45) is 5.92 Å². The molecule has 6 rings (SSSR count). The van der Waals surface area contributed by atoms with E-state index < -0.39 is 5.41 Å². The minimum Gasteiger partial charge on any atom is -0.309 e. The summed E-state index contributed by atoms with van der Waals surface area (Å²) < 4.78 is 1.97. The first-order valence-electron chi connectivity index (χ1n) is 10.7. The molecule has 0 spiro atoms. The summed E-state index contributed by atoms with van der Waals surface area (Å²) in [6.07, 6.45) is 13.4. The number of carbonyl (C=O) groups excluding carboxylic acids is 1. The van der Waals surface area contributed by atoms with Gasteiger partial charge in [-0.15, -0.1) is 0 Å². The Morgan fingerprint density at radius 1 is 1.19 bits per heavy atom. The van der Waals surface area contributed by atoms with Gasteiger partial charge in [-0.2, -0.15) is 0 Å². The van der Waals surface area contributed by atoms with E-state index in [4.69, 9.17) is 16.6 Å². The SMILES string of the molecule is CC1(c2ccc(Cl)cn2)C(=O)Nc2nc(-c3cn4ccnc4c(CC4CCC4)n3)ncc21. The van der Waals surface area contributed by atoms with E-state index in [0.717, 1.165) is 17.8 Å². The molecule has 2 aliphatic rings. The number of aromatic nitrogens is 6. The molecular weight excluding hydrogens is 426 g/mol. The van der Waals surface area contributed by atoms with Crippen molar-refractivity contribution in [3.63, 3.8) is 0 Å². The van der Waals surface area contributed by atoms with E-state index in [1.165, 1.54) is 25.5 Å². The molecule has 1 fully saturated rings. The molecule has 1 saturated carbocycles. The van der Waals surface area contributed by atoms with E-state index in [1.807, 2.05) is 23.7 Å². The molecule has 0 aromatic carbocycles. The maximum Gasteiger partial charge on any atom is 0.242 e. The van der Waals surface area contributed by atoms with Crippen LogP contribution in [0.4, 0.5) is 5.82 Å². The highest BCUT2D eigenvalue weighted by molar-refractivity contribution is 6.30. The topological polar surface area (TPSA) is 98.0 Å². The zero-order valence-electron chi connectivity index (χ0n) is 17.4. The van der Waals surface area contributed by atoms with E-state index in [9.17, 15) is 4.79 Å². The number of nitrogens with zero attached hydrogens (tertiary/aromatic N) is 6. The van der Waals surface area contributed by atoms with Crippen LogP contribution in [-0.2, 0) is 16.6 Å². The first-order valence-corrected chi connectivity index (χ1v) is 11.0. The van der Waals surface area contributed by atoms with E-state index >= 15 is 0 Å². The number of pyridine rings is 1. The van der Waals surface area contributed by atoms with Gasteiger partial charge in [-0.25, -0.2) is 19.9 Å². The summed E-state index contributed by atoms with van der Waals surface area (Å²) in [6.45, 7) is 1.82. The average molecular weight is 446 g/mol. The van der Waals surface area contributed by atoms with Crippen LogP contribution in [0.1, 0.15) is 43.1 Å². The molecule has 32 heavy (non-hydrogen) atoms. The zero-order chi connectivity index (χ0) is 21.9. The number of amides is 1. The van der Waals surface area contributed by atoms with Crippen LogP contribution in [0.3, 0.4) is 0 Å². The van der Waals surface area contributed by atoms with E-state index in [2.05, 4.69) is 25.3 Å². The fourth-order valence-electron chi connectivity index (χ4n) is 4.46. The van der Waals surface area contributed by atoms with Crippen molar-refractivity contribution in [2.45, 2.75) is 38.0 Å². The summed E-state index contributed by atoms with van der Waals surface area (Å²) in [5.74, 6) is 1.40. The fraction of sp³-hybridized carbons (Fsp3) is 0.304. The Balaban J connectivity index is 1.42. The Kier molecular flexibility index (Phi) is 4.26. The van der Waals surface area contributed by atoms with E-state index in [-0.39, 0.29) is 5.91 Å². The van der Waals surface area contributed by atoms with E-state index in [1.54, 1.807) is 24.5 Å². The molecule has 1 aliphatic carbocycles. The predicted octanol–water partition coefficient (Wildman–Crippen LogP) is 3.84. The molecule has 1 unspecified atom stereocenters. The highest BCUT2D eigenvalue weighted by Gasteiger charge is 2.46. The molecule has 5 heterocycles. The third kappa shape index (κ3) is 2.90. The first kappa shape index (κ1) is 19.3. The smallest absolute Gasteiger partial charge is 0.242 e. The minimum atomic E-state index is -0.991. The summed E-state index contributed by atoms with van der Waals surface area (Å²) in [7, 11) is 0. The Bertz CT molecular complexity index is 1360. The molecule has 9 heteroatoms. The summed E-state index contributed by atoms with van der Waals surface area (Å²) in [5, 5.41) is 3.41. The lowest BCUT2D eigenvalue weighted by Crippen LogP contribution is -2.33. The lowest BCUT2D eigenvalue weighted by molar-refractivity contribution is -0.119.